The molecule has 1 spiro atoms. The van der Waals surface area contributed by atoms with E-state index in [1.807, 2.05) is 12.1 Å². The molecule has 1 unspecified atom stereocenters. The summed E-state index contributed by atoms with van der Waals surface area (Å²) in [4.78, 5) is 64.8. The van der Waals surface area contributed by atoms with Crippen LogP contribution < -0.4 is 35.2 Å². The first-order chi connectivity index (χ1) is 33.7. The van der Waals surface area contributed by atoms with Crippen LogP contribution in [0.5, 0.6) is 5.75 Å². The number of piperidine rings is 4. The van der Waals surface area contributed by atoms with Crippen LogP contribution in [0.4, 0.5) is 40.2 Å². The largest absolute Gasteiger partial charge is 0.494 e. The van der Waals surface area contributed by atoms with E-state index in [4.69, 9.17) is 9.72 Å². The molecule has 5 aliphatic rings. The van der Waals surface area contributed by atoms with Gasteiger partial charge in [-0.3, -0.25) is 34.4 Å². The number of hydrogen-bond acceptors (Lipinski definition) is 15. The van der Waals surface area contributed by atoms with Crippen molar-refractivity contribution < 1.29 is 27.5 Å². The zero-order chi connectivity index (χ0) is 48.7. The highest BCUT2D eigenvalue weighted by Gasteiger charge is 2.41. The maximum absolute atomic E-state index is 13.2. The number of aromatic nitrogens is 4. The summed E-state index contributed by atoms with van der Waals surface area (Å²) in [7, 11) is -1.98. The quantitative estimate of drug-likeness (QED) is 0.0879. The number of carbonyl (C=O) groups is 3. The first-order valence-corrected chi connectivity index (χ1v) is 26.9. The number of carbonyl (C=O) groups excluding carboxylic acids is 3. The second-order valence-electron chi connectivity index (χ2n) is 19.4. The minimum Gasteiger partial charge on any atom is -0.494 e. The lowest BCUT2D eigenvalue weighted by Crippen LogP contribution is -2.52. The molecule has 4 fully saturated rings. The Labute approximate surface area is 416 Å². The van der Waals surface area contributed by atoms with Crippen molar-refractivity contribution >= 4 is 94.9 Å². The average Bonchev–Trinajstić information content (AvgIpc) is 3.68. The lowest BCUT2D eigenvalue weighted by molar-refractivity contribution is -0.136. The summed E-state index contributed by atoms with van der Waals surface area (Å²) in [5, 5.41) is 9.03. The number of nitrogens with zero attached hydrogens (tertiary/aromatic N) is 8. The molecule has 20 heteroatoms. The van der Waals surface area contributed by atoms with Crippen LogP contribution in [0, 0.1) is 11.3 Å². The van der Waals surface area contributed by atoms with Crippen molar-refractivity contribution in [3.8, 4) is 5.75 Å². The molecule has 3 amide bonds. The van der Waals surface area contributed by atoms with E-state index >= 15 is 0 Å². The van der Waals surface area contributed by atoms with Crippen LogP contribution in [0.25, 0.3) is 11.0 Å². The van der Waals surface area contributed by atoms with Gasteiger partial charge in [0.25, 0.3) is 5.91 Å². The first-order valence-electron chi connectivity index (χ1n) is 24.2. The summed E-state index contributed by atoms with van der Waals surface area (Å²) in [5.41, 5.74) is 7.88. The predicted molar refractivity (Wildman–Crippen MR) is 274 cm³/mol. The fraction of sp³-hybridized carbons (Fsp3) is 0.460. The van der Waals surface area contributed by atoms with Crippen LogP contribution >= 0.6 is 15.9 Å². The molecule has 4 saturated heterocycles. The Bertz CT molecular complexity index is 2950. The number of anilines is 7. The number of hydrogen-bond donors (Lipinski definition) is 4. The second kappa shape index (κ2) is 19.6. The van der Waals surface area contributed by atoms with Crippen LogP contribution in [-0.2, 0) is 32.6 Å². The van der Waals surface area contributed by atoms with Gasteiger partial charge in [0.1, 0.15) is 23.1 Å². The monoisotopic (exact) mass is 1030 g/mol. The number of sulfonamides is 1. The average molecular weight is 1040 g/mol. The van der Waals surface area contributed by atoms with Gasteiger partial charge in [0.2, 0.25) is 27.8 Å². The van der Waals surface area contributed by atoms with Gasteiger partial charge >= 0.3 is 0 Å². The molecule has 0 radical (unpaired) electrons. The minimum absolute atomic E-state index is 0.130. The van der Waals surface area contributed by atoms with Gasteiger partial charge in [0.05, 0.1) is 40.4 Å². The smallest absolute Gasteiger partial charge is 0.255 e. The van der Waals surface area contributed by atoms with Crippen molar-refractivity contribution in [3.63, 3.8) is 0 Å². The molecule has 5 aromatic rings. The molecule has 0 bridgehead atoms. The molecule has 1 atom stereocenters. The van der Waals surface area contributed by atoms with Crippen LogP contribution in [0.1, 0.15) is 79.8 Å². The third-order valence-corrected chi connectivity index (χ3v) is 16.2. The van der Waals surface area contributed by atoms with Crippen LogP contribution in [0.15, 0.2) is 65.5 Å². The van der Waals surface area contributed by atoms with Gasteiger partial charge in [-0.1, -0.05) is 6.92 Å². The highest BCUT2D eigenvalue weighted by atomic mass is 79.9. The highest BCUT2D eigenvalue weighted by molar-refractivity contribution is 9.10. The molecule has 5 aliphatic heterocycles. The van der Waals surface area contributed by atoms with Gasteiger partial charge in [-0.25, -0.2) is 13.4 Å². The van der Waals surface area contributed by atoms with Gasteiger partial charge in [0.15, 0.2) is 0 Å². The normalized spacial score (nSPS) is 19.9. The highest BCUT2D eigenvalue weighted by Crippen LogP contribution is 2.45. The number of aryl methyl sites for hydroxylation is 1. The molecule has 4 N–H and O–H groups in total. The van der Waals surface area contributed by atoms with E-state index in [1.54, 1.807) is 36.5 Å². The number of methoxy groups -OCH3 is 1. The van der Waals surface area contributed by atoms with Gasteiger partial charge in [-0.15, -0.1) is 0 Å². The zero-order valence-corrected chi connectivity index (χ0v) is 42.2. The first kappa shape index (κ1) is 47.6. The molecule has 70 heavy (non-hydrogen) atoms. The number of imide groups is 1. The van der Waals surface area contributed by atoms with E-state index in [1.165, 1.54) is 30.3 Å². The molecule has 7 heterocycles. The molecular formula is C50H59BrN12O6S. The molecule has 3 aromatic carbocycles. The van der Waals surface area contributed by atoms with Crippen molar-refractivity contribution in [1.82, 2.24) is 35.1 Å². The molecule has 0 saturated carbocycles. The van der Waals surface area contributed by atoms with Crippen molar-refractivity contribution in [2.75, 3.05) is 84.3 Å². The molecule has 368 valence electrons. The summed E-state index contributed by atoms with van der Waals surface area (Å²) in [6.07, 6.45) is 14.3. The third-order valence-electron chi connectivity index (χ3n) is 15.0. The summed E-state index contributed by atoms with van der Waals surface area (Å²) in [5.74, 6) is 1.29. The molecular weight excluding hydrogens is 977 g/mol. The predicted octanol–water partition coefficient (Wildman–Crippen LogP) is 6.97. The summed E-state index contributed by atoms with van der Waals surface area (Å²) in [6, 6.07) is 13.2. The standard InChI is InChI=1S/C50H59BrN12O6S/c1-4-32-26-39(56-49-54-28-36(51)46(58-49)55-38-8-7-37-44(53-18-17-52-37)45(38)59-70(3,67)68)42(69-2)27-41(32)62-23-15-50(16-24-62)13-21-60(22-14-50)29-31-11-19-61(20-12-31)34-5-6-35-33(25-34)30-63(48(35)66)40-9-10-43(64)57-47(40)65/h5-8,17-18,25-28,31,40,59H,4,9-16,19-24,29-30H2,1-3H3,(H,57,64,65)(H2,54,55,56,58). The lowest BCUT2D eigenvalue weighted by atomic mass is 9.71. The maximum Gasteiger partial charge on any atom is 0.255 e. The van der Waals surface area contributed by atoms with Crippen LogP contribution in [0.3, 0.4) is 0 Å². The van der Waals surface area contributed by atoms with Crippen molar-refractivity contribution in [1.29, 1.82) is 0 Å². The van der Waals surface area contributed by atoms with Gasteiger partial charge < -0.3 is 35.0 Å². The maximum atomic E-state index is 13.2. The Hall–Kier alpha value is -6.12. The number of nitrogens with one attached hydrogen (secondary N) is 4. The van der Waals surface area contributed by atoms with Crippen LogP contribution in [-0.4, -0.2) is 121 Å². The lowest BCUT2D eigenvalue weighted by Gasteiger charge is -2.48. The fourth-order valence-electron chi connectivity index (χ4n) is 11.1. The Morgan fingerprint density at radius 2 is 1.63 bits per heavy atom. The van der Waals surface area contributed by atoms with Crippen molar-refractivity contribution in [2.45, 2.75) is 77.3 Å². The molecule has 18 nitrogen and oxygen atoms in total. The van der Waals surface area contributed by atoms with Gasteiger partial charge in [0, 0.05) is 87.3 Å². The van der Waals surface area contributed by atoms with Crippen LogP contribution in [0.2, 0.25) is 0 Å². The van der Waals surface area contributed by atoms with E-state index in [-0.39, 0.29) is 29.8 Å². The Balaban J connectivity index is 0.723. The molecule has 10 rings (SSSR count). The third kappa shape index (κ3) is 9.94. The molecule has 0 aliphatic carbocycles. The van der Waals surface area contributed by atoms with E-state index < -0.39 is 16.1 Å². The fourth-order valence-corrected chi connectivity index (χ4v) is 11.9. The number of likely N-dealkylation sites (tertiary alicyclic amines) is 1. The van der Waals surface area contributed by atoms with E-state index in [2.05, 4.69) is 91.4 Å². The van der Waals surface area contributed by atoms with E-state index in [0.29, 0.717) is 68.6 Å². The minimum atomic E-state index is -3.65. The van der Waals surface area contributed by atoms with Gasteiger partial charge in [-0.2, -0.15) is 4.98 Å². The Morgan fingerprint density at radius 3 is 2.36 bits per heavy atom. The summed E-state index contributed by atoms with van der Waals surface area (Å²) in [6.45, 7) is 9.95. The number of rotatable bonds is 13. The summed E-state index contributed by atoms with van der Waals surface area (Å²) >= 11 is 3.55. The van der Waals surface area contributed by atoms with E-state index in [9.17, 15) is 22.8 Å². The topological polar surface area (TPSA) is 207 Å². The number of fused-ring (bicyclic) bond motifs is 2. The van der Waals surface area contributed by atoms with Gasteiger partial charge in [-0.05, 0) is 139 Å². The number of halogens is 1. The number of benzene rings is 3. The zero-order valence-electron chi connectivity index (χ0n) is 39.8. The SMILES string of the molecule is CCc1cc(Nc2ncc(Br)c(Nc3ccc4nccnc4c3NS(C)(=O)=O)n2)c(OC)cc1N1CCC2(CCN(CC3CCN(c4ccc5c(c4)CN(C4CCC(=O)NC4=O)C5=O)CC3)CC2)CC1. The van der Waals surface area contributed by atoms with E-state index in [0.717, 1.165) is 101 Å². The number of amides is 3. The summed E-state index contributed by atoms with van der Waals surface area (Å²) < 4.78 is 33.9. The Morgan fingerprint density at radius 1 is 0.871 bits per heavy atom. The van der Waals surface area contributed by atoms with Crippen molar-refractivity contribution in [3.05, 3.63) is 82.2 Å². The number of ether oxygens (including phenoxy) is 1. The molecule has 2 aromatic heterocycles. The van der Waals surface area contributed by atoms with Crippen molar-refractivity contribution in [2.24, 2.45) is 11.3 Å². The second-order valence-corrected chi connectivity index (χ2v) is 22.0. The Kier molecular flexibility index (Phi) is 13.3.